The third-order valence-corrected chi connectivity index (χ3v) is 4.54. The van der Waals surface area contributed by atoms with Crippen LogP contribution < -0.4 is 0 Å². The summed E-state index contributed by atoms with van der Waals surface area (Å²) >= 11 is 0. The van der Waals surface area contributed by atoms with Crippen LogP contribution in [-0.2, 0) is 13.0 Å². The molecule has 0 atom stereocenters. The van der Waals surface area contributed by atoms with Gasteiger partial charge in [-0.15, -0.1) is 0 Å². The predicted octanol–water partition coefficient (Wildman–Crippen LogP) is 5.57. The fraction of sp³-hybridized carbons (Fsp3) is 0.318. The van der Waals surface area contributed by atoms with E-state index in [1.165, 1.54) is 23.9 Å². The van der Waals surface area contributed by atoms with Gasteiger partial charge in [0.25, 0.3) is 0 Å². The Labute approximate surface area is 144 Å². The van der Waals surface area contributed by atoms with E-state index in [0.29, 0.717) is 6.42 Å². The number of rotatable bonds is 7. The largest absolute Gasteiger partial charge is 0.347 e. The number of aromatic nitrogens is 1. The molecule has 0 saturated heterocycles. The standard InChI is InChI=1S/C22H25NO/c1-3-4-7-13-23-16-20(19-11-5-6-12-21(19)23)22(24)15-18-10-8-9-17(2)14-18/h5-6,8-12,14,16H,3-4,7,13,15H2,1-2H3. The molecule has 2 aromatic carbocycles. The Morgan fingerprint density at radius 2 is 1.88 bits per heavy atom. The van der Waals surface area contributed by atoms with E-state index < -0.39 is 0 Å². The highest BCUT2D eigenvalue weighted by atomic mass is 16.1. The van der Waals surface area contributed by atoms with Gasteiger partial charge in [0.1, 0.15) is 0 Å². The molecule has 24 heavy (non-hydrogen) atoms. The van der Waals surface area contributed by atoms with Gasteiger partial charge in [0.15, 0.2) is 5.78 Å². The number of hydrogen-bond donors (Lipinski definition) is 0. The molecule has 0 aliphatic rings. The number of Topliss-reactive ketones (excluding diaryl/α,β-unsaturated/α-hetero) is 1. The van der Waals surface area contributed by atoms with Crippen LogP contribution in [0.1, 0.15) is 47.7 Å². The van der Waals surface area contributed by atoms with Crippen LogP contribution in [0.4, 0.5) is 0 Å². The molecular weight excluding hydrogens is 294 g/mol. The van der Waals surface area contributed by atoms with Gasteiger partial charge >= 0.3 is 0 Å². The van der Waals surface area contributed by atoms with Gasteiger partial charge in [-0.3, -0.25) is 4.79 Å². The maximum atomic E-state index is 12.9. The highest BCUT2D eigenvalue weighted by Crippen LogP contribution is 2.23. The normalized spacial score (nSPS) is 11.1. The van der Waals surface area contributed by atoms with Crippen LogP contribution in [0.2, 0.25) is 0 Å². The number of hydrogen-bond acceptors (Lipinski definition) is 1. The SMILES string of the molecule is CCCCCn1cc(C(=O)Cc2cccc(C)c2)c2ccccc21. The molecule has 0 aliphatic heterocycles. The van der Waals surface area contributed by atoms with Crippen molar-refractivity contribution in [1.82, 2.24) is 4.57 Å². The Hall–Kier alpha value is -2.35. The van der Waals surface area contributed by atoms with E-state index in [1.54, 1.807) is 0 Å². The van der Waals surface area contributed by atoms with E-state index in [1.807, 2.05) is 24.3 Å². The first kappa shape index (κ1) is 16.5. The van der Waals surface area contributed by atoms with Gasteiger partial charge in [0.2, 0.25) is 0 Å². The number of aryl methyl sites for hydroxylation is 2. The number of unbranched alkanes of at least 4 members (excludes halogenated alkanes) is 2. The third kappa shape index (κ3) is 3.59. The first-order valence-corrected chi connectivity index (χ1v) is 8.85. The average molecular weight is 319 g/mol. The Kier molecular flexibility index (Phi) is 5.14. The molecule has 0 N–H and O–H groups in total. The average Bonchev–Trinajstić information content (AvgIpc) is 2.94. The van der Waals surface area contributed by atoms with Crippen molar-refractivity contribution < 1.29 is 4.79 Å². The Morgan fingerprint density at radius 3 is 2.67 bits per heavy atom. The number of benzene rings is 2. The zero-order chi connectivity index (χ0) is 16.9. The van der Waals surface area contributed by atoms with E-state index in [0.717, 1.165) is 29.5 Å². The van der Waals surface area contributed by atoms with Gasteiger partial charge in [-0.2, -0.15) is 0 Å². The van der Waals surface area contributed by atoms with E-state index in [4.69, 9.17) is 0 Å². The molecule has 0 amide bonds. The molecule has 0 saturated carbocycles. The summed E-state index contributed by atoms with van der Waals surface area (Å²) in [4.78, 5) is 12.9. The second-order valence-corrected chi connectivity index (χ2v) is 6.55. The van der Waals surface area contributed by atoms with Crippen molar-refractivity contribution in [3.05, 3.63) is 71.4 Å². The first-order valence-electron chi connectivity index (χ1n) is 8.85. The van der Waals surface area contributed by atoms with Gasteiger partial charge < -0.3 is 4.57 Å². The monoisotopic (exact) mass is 319 g/mol. The number of fused-ring (bicyclic) bond motifs is 1. The lowest BCUT2D eigenvalue weighted by Crippen LogP contribution is -2.03. The molecule has 0 unspecified atom stereocenters. The molecule has 1 aromatic heterocycles. The van der Waals surface area contributed by atoms with Crippen LogP contribution >= 0.6 is 0 Å². The van der Waals surface area contributed by atoms with Crippen molar-refractivity contribution in [2.75, 3.05) is 0 Å². The van der Waals surface area contributed by atoms with Gasteiger partial charge in [0.05, 0.1) is 0 Å². The number of carbonyl (C=O) groups excluding carboxylic acids is 1. The van der Waals surface area contributed by atoms with Gasteiger partial charge in [-0.25, -0.2) is 0 Å². The molecule has 0 radical (unpaired) electrons. The molecule has 0 aliphatic carbocycles. The minimum Gasteiger partial charge on any atom is -0.347 e. The van der Waals surface area contributed by atoms with E-state index in [-0.39, 0.29) is 5.78 Å². The number of para-hydroxylation sites is 1. The molecule has 3 rings (SSSR count). The summed E-state index contributed by atoms with van der Waals surface area (Å²) in [7, 11) is 0. The summed E-state index contributed by atoms with van der Waals surface area (Å²) in [5.74, 6) is 0.200. The smallest absolute Gasteiger partial charge is 0.169 e. The molecule has 124 valence electrons. The third-order valence-electron chi connectivity index (χ3n) is 4.54. The summed E-state index contributed by atoms with van der Waals surface area (Å²) in [6, 6.07) is 16.5. The van der Waals surface area contributed by atoms with Crippen molar-refractivity contribution in [2.45, 2.75) is 46.1 Å². The van der Waals surface area contributed by atoms with Crippen molar-refractivity contribution in [3.63, 3.8) is 0 Å². The molecule has 0 fully saturated rings. The Bertz CT molecular complexity index is 844. The summed E-state index contributed by atoms with van der Waals surface area (Å²) in [6.45, 7) is 5.25. The maximum absolute atomic E-state index is 12.9. The van der Waals surface area contributed by atoms with Crippen molar-refractivity contribution in [3.8, 4) is 0 Å². The summed E-state index contributed by atoms with van der Waals surface area (Å²) in [6.07, 6.45) is 6.10. The predicted molar refractivity (Wildman–Crippen MR) is 101 cm³/mol. The molecule has 1 heterocycles. The quantitative estimate of drug-likeness (QED) is 0.412. The minimum atomic E-state index is 0.200. The van der Waals surface area contributed by atoms with Crippen LogP contribution in [0.25, 0.3) is 10.9 Å². The Balaban J connectivity index is 1.89. The van der Waals surface area contributed by atoms with E-state index in [9.17, 15) is 4.79 Å². The molecule has 0 spiro atoms. The Morgan fingerprint density at radius 1 is 1.04 bits per heavy atom. The lowest BCUT2D eigenvalue weighted by atomic mass is 10.0. The fourth-order valence-corrected chi connectivity index (χ4v) is 3.29. The molecule has 2 heteroatoms. The van der Waals surface area contributed by atoms with Crippen LogP contribution in [-0.4, -0.2) is 10.4 Å². The number of carbonyl (C=O) groups is 1. The number of nitrogens with zero attached hydrogens (tertiary/aromatic N) is 1. The fourth-order valence-electron chi connectivity index (χ4n) is 3.29. The van der Waals surface area contributed by atoms with Crippen LogP contribution in [0.3, 0.4) is 0 Å². The van der Waals surface area contributed by atoms with Crippen molar-refractivity contribution in [2.24, 2.45) is 0 Å². The minimum absolute atomic E-state index is 0.200. The van der Waals surface area contributed by atoms with Crippen LogP contribution in [0.15, 0.2) is 54.7 Å². The van der Waals surface area contributed by atoms with Gasteiger partial charge in [-0.1, -0.05) is 67.8 Å². The van der Waals surface area contributed by atoms with Gasteiger partial charge in [-0.05, 0) is 25.0 Å². The van der Waals surface area contributed by atoms with Crippen LogP contribution in [0.5, 0.6) is 0 Å². The van der Waals surface area contributed by atoms with Gasteiger partial charge in [0, 0.05) is 35.6 Å². The number of ketones is 1. The second kappa shape index (κ2) is 7.48. The van der Waals surface area contributed by atoms with E-state index in [2.05, 4.69) is 48.9 Å². The van der Waals surface area contributed by atoms with Crippen LogP contribution in [0, 0.1) is 6.92 Å². The van der Waals surface area contributed by atoms with Crippen molar-refractivity contribution >= 4 is 16.7 Å². The summed E-state index contributed by atoms with van der Waals surface area (Å²) in [5.41, 5.74) is 4.30. The molecule has 2 nitrogen and oxygen atoms in total. The summed E-state index contributed by atoms with van der Waals surface area (Å²) < 4.78 is 2.24. The topological polar surface area (TPSA) is 22.0 Å². The second-order valence-electron chi connectivity index (χ2n) is 6.55. The van der Waals surface area contributed by atoms with E-state index >= 15 is 0 Å². The molecule has 0 bridgehead atoms. The lowest BCUT2D eigenvalue weighted by Gasteiger charge is -2.03. The lowest BCUT2D eigenvalue weighted by molar-refractivity contribution is 0.0994. The first-order chi connectivity index (χ1) is 11.7. The highest BCUT2D eigenvalue weighted by molar-refractivity contribution is 6.08. The van der Waals surface area contributed by atoms with Crippen molar-refractivity contribution in [1.29, 1.82) is 0 Å². The molecule has 3 aromatic rings. The molecular formula is C22H25NO. The zero-order valence-corrected chi connectivity index (χ0v) is 14.6. The zero-order valence-electron chi connectivity index (χ0n) is 14.6. The summed E-state index contributed by atoms with van der Waals surface area (Å²) in [5, 5.41) is 1.08. The maximum Gasteiger partial charge on any atom is 0.169 e. The highest BCUT2D eigenvalue weighted by Gasteiger charge is 2.15.